The summed E-state index contributed by atoms with van der Waals surface area (Å²) in [5.74, 6) is 1.24. The monoisotopic (exact) mass is 374 g/mol. The van der Waals surface area contributed by atoms with E-state index in [-0.39, 0.29) is 23.9 Å². The quantitative estimate of drug-likeness (QED) is 0.765. The minimum Gasteiger partial charge on any atom is -0.489 e. The van der Waals surface area contributed by atoms with Crippen molar-refractivity contribution in [2.75, 3.05) is 6.61 Å². The van der Waals surface area contributed by atoms with Crippen LogP contribution in [-0.2, 0) is 14.9 Å². The topological polar surface area (TPSA) is 55.8 Å². The molecule has 1 N–H and O–H groups in total. The first-order valence-electron chi connectivity index (χ1n) is 10.4. The second kappa shape index (κ2) is 8.22. The normalized spacial score (nSPS) is 24.6. The van der Waals surface area contributed by atoms with Crippen LogP contribution < -0.4 is 4.74 Å². The van der Waals surface area contributed by atoms with Gasteiger partial charge in [0.05, 0.1) is 12.5 Å². The average molecular weight is 375 g/mol. The van der Waals surface area contributed by atoms with Crippen LogP contribution in [0.1, 0.15) is 75.5 Å². The number of aryl methyl sites for hydroxylation is 2. The van der Waals surface area contributed by atoms with Crippen LogP contribution in [0.5, 0.6) is 5.75 Å². The molecule has 1 aromatic rings. The molecular weight excluding hydrogens is 340 g/mol. The standard InChI is InChI=1S/C23H34O4/c1-15-10-16(2)22(26-14-19-12-18(24)13-21(25)27-19)20(11-15)23(3,4)17-8-6-5-7-9-17/h10-11,17-19,24H,5-9,12-14H2,1-4H3/t18-,19+/m1/s1. The molecule has 150 valence electrons. The van der Waals surface area contributed by atoms with Gasteiger partial charge in [0.15, 0.2) is 0 Å². The van der Waals surface area contributed by atoms with Gasteiger partial charge in [0.1, 0.15) is 18.5 Å². The Kier molecular flexibility index (Phi) is 6.15. The molecule has 1 saturated carbocycles. The highest BCUT2D eigenvalue weighted by atomic mass is 16.6. The van der Waals surface area contributed by atoms with E-state index >= 15 is 0 Å². The Hall–Kier alpha value is -1.55. The minimum absolute atomic E-state index is 0.0370. The van der Waals surface area contributed by atoms with E-state index in [0.717, 1.165) is 11.3 Å². The van der Waals surface area contributed by atoms with E-state index in [1.807, 2.05) is 0 Å². The SMILES string of the molecule is Cc1cc(C)c(OC[C@@H]2C[C@@H](O)CC(=O)O2)c(C(C)(C)C2CCCCC2)c1. The molecule has 1 aliphatic carbocycles. The molecule has 4 heteroatoms. The number of rotatable bonds is 5. The van der Waals surface area contributed by atoms with E-state index in [4.69, 9.17) is 9.47 Å². The van der Waals surface area contributed by atoms with Crippen molar-refractivity contribution in [3.8, 4) is 5.75 Å². The van der Waals surface area contributed by atoms with E-state index in [9.17, 15) is 9.90 Å². The molecule has 0 radical (unpaired) electrons. The highest BCUT2D eigenvalue weighted by Crippen LogP contribution is 2.45. The Morgan fingerprint density at radius 2 is 1.89 bits per heavy atom. The molecule has 0 amide bonds. The largest absolute Gasteiger partial charge is 0.489 e. The summed E-state index contributed by atoms with van der Waals surface area (Å²) in [7, 11) is 0. The first kappa shape index (κ1) is 20.2. The van der Waals surface area contributed by atoms with Crippen molar-refractivity contribution in [1.82, 2.24) is 0 Å². The van der Waals surface area contributed by atoms with Gasteiger partial charge in [0.25, 0.3) is 0 Å². The highest BCUT2D eigenvalue weighted by Gasteiger charge is 2.35. The van der Waals surface area contributed by atoms with Gasteiger partial charge in [-0.05, 0) is 43.6 Å². The van der Waals surface area contributed by atoms with E-state index in [1.165, 1.54) is 43.2 Å². The van der Waals surface area contributed by atoms with Gasteiger partial charge in [-0.15, -0.1) is 0 Å². The number of aliphatic hydroxyl groups excluding tert-OH is 1. The number of cyclic esters (lactones) is 1. The molecule has 3 rings (SSSR count). The summed E-state index contributed by atoms with van der Waals surface area (Å²) in [6.45, 7) is 9.20. The maximum atomic E-state index is 11.6. The van der Waals surface area contributed by atoms with Crippen LogP contribution in [0.3, 0.4) is 0 Å². The van der Waals surface area contributed by atoms with Crippen LogP contribution in [0.4, 0.5) is 0 Å². The highest BCUT2D eigenvalue weighted by molar-refractivity contribution is 5.71. The smallest absolute Gasteiger partial charge is 0.308 e. The number of carbonyl (C=O) groups excluding carboxylic acids is 1. The fourth-order valence-electron chi connectivity index (χ4n) is 4.81. The molecule has 0 bridgehead atoms. The number of hydrogen-bond acceptors (Lipinski definition) is 4. The van der Waals surface area contributed by atoms with Gasteiger partial charge < -0.3 is 14.6 Å². The molecule has 1 aliphatic heterocycles. The van der Waals surface area contributed by atoms with Gasteiger partial charge in [0, 0.05) is 12.0 Å². The lowest BCUT2D eigenvalue weighted by Crippen LogP contribution is -2.37. The molecule has 1 aromatic carbocycles. The minimum atomic E-state index is -0.628. The fourth-order valence-corrected chi connectivity index (χ4v) is 4.81. The summed E-state index contributed by atoms with van der Waals surface area (Å²) in [6, 6.07) is 4.41. The van der Waals surface area contributed by atoms with E-state index in [2.05, 4.69) is 39.8 Å². The molecule has 0 aromatic heterocycles. The third-order valence-electron chi connectivity index (χ3n) is 6.39. The van der Waals surface area contributed by atoms with Gasteiger partial charge in [-0.25, -0.2) is 0 Å². The van der Waals surface area contributed by atoms with Crippen molar-refractivity contribution < 1.29 is 19.4 Å². The second-order valence-corrected chi connectivity index (χ2v) is 9.03. The summed E-state index contributed by atoms with van der Waals surface area (Å²) in [5, 5.41) is 9.84. The predicted molar refractivity (Wildman–Crippen MR) is 106 cm³/mol. The van der Waals surface area contributed by atoms with Crippen molar-refractivity contribution in [2.45, 2.75) is 90.3 Å². The lowest BCUT2D eigenvalue weighted by Gasteiger charge is -2.39. The first-order valence-corrected chi connectivity index (χ1v) is 10.4. The number of esters is 1. The Bertz CT molecular complexity index is 673. The lowest BCUT2D eigenvalue weighted by molar-refractivity contribution is -0.162. The van der Waals surface area contributed by atoms with Crippen LogP contribution in [-0.4, -0.2) is 29.9 Å². The van der Waals surface area contributed by atoms with E-state index < -0.39 is 6.10 Å². The zero-order chi connectivity index (χ0) is 19.6. The zero-order valence-electron chi connectivity index (χ0n) is 17.2. The van der Waals surface area contributed by atoms with Crippen molar-refractivity contribution in [3.05, 3.63) is 28.8 Å². The molecule has 2 aliphatic rings. The Labute approximate surface area is 163 Å². The second-order valence-electron chi connectivity index (χ2n) is 9.03. The third kappa shape index (κ3) is 4.66. The van der Waals surface area contributed by atoms with Crippen molar-refractivity contribution in [3.63, 3.8) is 0 Å². The molecule has 4 nitrogen and oxygen atoms in total. The maximum absolute atomic E-state index is 11.6. The lowest BCUT2D eigenvalue weighted by atomic mass is 9.67. The van der Waals surface area contributed by atoms with E-state index in [1.54, 1.807) is 0 Å². The third-order valence-corrected chi connectivity index (χ3v) is 6.39. The summed E-state index contributed by atoms with van der Waals surface area (Å²) in [5.41, 5.74) is 3.67. The summed E-state index contributed by atoms with van der Waals surface area (Å²) < 4.78 is 11.6. The van der Waals surface area contributed by atoms with Crippen molar-refractivity contribution >= 4 is 5.97 Å². The van der Waals surface area contributed by atoms with Gasteiger partial charge >= 0.3 is 5.97 Å². The molecule has 2 atom stereocenters. The van der Waals surface area contributed by atoms with Gasteiger partial charge in [-0.3, -0.25) is 4.79 Å². The molecular formula is C23H34O4. The number of hydrogen-bond donors (Lipinski definition) is 1. The molecule has 0 spiro atoms. The maximum Gasteiger partial charge on any atom is 0.308 e. The Morgan fingerprint density at radius 3 is 2.56 bits per heavy atom. The molecule has 27 heavy (non-hydrogen) atoms. The van der Waals surface area contributed by atoms with Crippen LogP contribution in [0.25, 0.3) is 0 Å². The number of aliphatic hydroxyl groups is 1. The number of ether oxygens (including phenoxy) is 2. The summed E-state index contributed by atoms with van der Waals surface area (Å²) >= 11 is 0. The summed E-state index contributed by atoms with van der Waals surface area (Å²) in [6.07, 6.45) is 6.02. The zero-order valence-corrected chi connectivity index (χ0v) is 17.2. The van der Waals surface area contributed by atoms with Gasteiger partial charge in [-0.1, -0.05) is 50.8 Å². The molecule has 1 heterocycles. The van der Waals surface area contributed by atoms with Crippen LogP contribution in [0, 0.1) is 19.8 Å². The number of carbonyl (C=O) groups is 1. The summed E-state index contributed by atoms with van der Waals surface area (Å²) in [4.78, 5) is 11.6. The van der Waals surface area contributed by atoms with Gasteiger partial charge in [-0.2, -0.15) is 0 Å². The average Bonchev–Trinajstić information content (AvgIpc) is 2.60. The van der Waals surface area contributed by atoms with Crippen molar-refractivity contribution in [1.29, 1.82) is 0 Å². The van der Waals surface area contributed by atoms with Crippen molar-refractivity contribution in [2.24, 2.45) is 5.92 Å². The number of benzene rings is 1. The first-order chi connectivity index (χ1) is 12.8. The Morgan fingerprint density at radius 1 is 1.19 bits per heavy atom. The molecule has 1 saturated heterocycles. The van der Waals surface area contributed by atoms with Crippen LogP contribution in [0.15, 0.2) is 12.1 Å². The molecule has 2 fully saturated rings. The van der Waals surface area contributed by atoms with Crippen LogP contribution >= 0.6 is 0 Å². The fraction of sp³-hybridized carbons (Fsp3) is 0.696. The Balaban J connectivity index is 1.83. The van der Waals surface area contributed by atoms with E-state index in [0.29, 0.717) is 18.9 Å². The predicted octanol–water partition coefficient (Wildman–Crippen LogP) is 4.61. The van der Waals surface area contributed by atoms with Gasteiger partial charge in [0.2, 0.25) is 0 Å². The molecule has 0 unspecified atom stereocenters. The van der Waals surface area contributed by atoms with Crippen LogP contribution in [0.2, 0.25) is 0 Å².